The van der Waals surface area contributed by atoms with Gasteiger partial charge in [-0.3, -0.25) is 0 Å². The highest BCUT2D eigenvalue weighted by Gasteiger charge is 2.34. The molecule has 4 rings (SSSR count). The number of aromatic nitrogens is 3. The molecule has 0 saturated heterocycles. The summed E-state index contributed by atoms with van der Waals surface area (Å²) in [7, 11) is 0. The number of benzene rings is 1. The van der Waals surface area contributed by atoms with Crippen molar-refractivity contribution >= 4 is 29.9 Å². The van der Waals surface area contributed by atoms with Crippen molar-refractivity contribution < 1.29 is 4.74 Å². The molecule has 1 unspecified atom stereocenters. The van der Waals surface area contributed by atoms with E-state index in [0.717, 1.165) is 49.3 Å². The van der Waals surface area contributed by atoms with E-state index in [1.165, 1.54) is 18.4 Å². The zero-order chi connectivity index (χ0) is 19.6. The number of nitrogens with one attached hydrogen (secondary N) is 2. The van der Waals surface area contributed by atoms with E-state index in [2.05, 4.69) is 58.3 Å². The third-order valence-corrected chi connectivity index (χ3v) is 5.35. The molecule has 0 bridgehead atoms. The van der Waals surface area contributed by atoms with E-state index in [-0.39, 0.29) is 35.6 Å². The van der Waals surface area contributed by atoms with Gasteiger partial charge in [0.25, 0.3) is 0 Å². The van der Waals surface area contributed by atoms with Crippen molar-refractivity contribution in [2.24, 2.45) is 4.99 Å². The van der Waals surface area contributed by atoms with Crippen LogP contribution in [0, 0.1) is 0 Å². The summed E-state index contributed by atoms with van der Waals surface area (Å²) in [5, 5.41) is 15.7. The van der Waals surface area contributed by atoms with Crippen LogP contribution in [0.3, 0.4) is 0 Å². The van der Waals surface area contributed by atoms with Crippen LogP contribution in [-0.2, 0) is 19.5 Å². The first kappa shape index (κ1) is 21.9. The number of hydrogen-bond acceptors (Lipinski definition) is 4. The minimum absolute atomic E-state index is 0. The Morgan fingerprint density at radius 3 is 2.93 bits per heavy atom. The molecule has 7 nitrogen and oxygen atoms in total. The number of nitrogens with zero attached hydrogens (tertiary/aromatic N) is 4. The quantitative estimate of drug-likeness (QED) is 0.374. The molecule has 0 spiro atoms. The number of aryl methyl sites for hydroxylation is 1. The standard InChI is InChI=1S/C21H30N6O.HI/c1-4-22-20(23-14-19-26-25-18-11-7-8-12-27(18)19)24-16-13-21(2,3)28-17-10-6-5-9-15(16)17;/h5-6,9-10,16H,4,7-8,11-14H2,1-3H3,(H2,22,23,24);1H. The fraction of sp³-hybridized carbons (Fsp3) is 0.571. The summed E-state index contributed by atoms with van der Waals surface area (Å²) < 4.78 is 8.38. The number of ether oxygens (including phenoxy) is 1. The van der Waals surface area contributed by atoms with Crippen molar-refractivity contribution in [1.82, 2.24) is 25.4 Å². The van der Waals surface area contributed by atoms with Crippen LogP contribution in [0.15, 0.2) is 29.3 Å². The molecule has 0 fully saturated rings. The van der Waals surface area contributed by atoms with E-state index >= 15 is 0 Å². The molecule has 0 amide bonds. The maximum Gasteiger partial charge on any atom is 0.192 e. The van der Waals surface area contributed by atoms with Gasteiger partial charge in [0.2, 0.25) is 0 Å². The molecule has 0 radical (unpaired) electrons. The molecule has 2 aromatic rings. The van der Waals surface area contributed by atoms with Crippen LogP contribution in [-0.4, -0.2) is 32.9 Å². The van der Waals surface area contributed by atoms with Crippen molar-refractivity contribution in [3.05, 3.63) is 41.5 Å². The molecule has 0 saturated carbocycles. The molecule has 1 aromatic heterocycles. The van der Waals surface area contributed by atoms with Gasteiger partial charge in [0, 0.05) is 31.5 Å². The van der Waals surface area contributed by atoms with Crippen LogP contribution < -0.4 is 15.4 Å². The molecule has 2 aliphatic rings. The summed E-state index contributed by atoms with van der Waals surface area (Å²) in [6, 6.07) is 8.38. The zero-order valence-electron chi connectivity index (χ0n) is 17.4. The Labute approximate surface area is 189 Å². The van der Waals surface area contributed by atoms with Gasteiger partial charge in [-0.1, -0.05) is 18.2 Å². The van der Waals surface area contributed by atoms with Crippen LogP contribution in [0.5, 0.6) is 5.75 Å². The van der Waals surface area contributed by atoms with Crippen LogP contribution in [0.4, 0.5) is 0 Å². The highest BCUT2D eigenvalue weighted by molar-refractivity contribution is 14.0. The molecular formula is C21H31IN6O. The van der Waals surface area contributed by atoms with Gasteiger partial charge in [-0.15, -0.1) is 34.2 Å². The molecule has 0 aliphatic carbocycles. The number of rotatable bonds is 4. The largest absolute Gasteiger partial charge is 0.487 e. The van der Waals surface area contributed by atoms with Crippen molar-refractivity contribution in [3.63, 3.8) is 0 Å². The van der Waals surface area contributed by atoms with Gasteiger partial charge >= 0.3 is 0 Å². The average Bonchev–Trinajstić information content (AvgIpc) is 3.08. The summed E-state index contributed by atoms with van der Waals surface area (Å²) in [5.74, 6) is 3.78. The van der Waals surface area contributed by atoms with Gasteiger partial charge in [-0.05, 0) is 39.7 Å². The van der Waals surface area contributed by atoms with E-state index < -0.39 is 0 Å². The van der Waals surface area contributed by atoms with Gasteiger partial charge in [0.05, 0.1) is 6.04 Å². The van der Waals surface area contributed by atoms with E-state index in [1.54, 1.807) is 0 Å². The number of para-hydroxylation sites is 1. The predicted octanol–water partition coefficient (Wildman–Crippen LogP) is 3.59. The monoisotopic (exact) mass is 510 g/mol. The Hall–Kier alpha value is -1.84. The van der Waals surface area contributed by atoms with Crippen molar-refractivity contribution in [2.45, 2.75) is 71.2 Å². The van der Waals surface area contributed by atoms with Crippen molar-refractivity contribution in [2.75, 3.05) is 6.54 Å². The molecule has 158 valence electrons. The molecule has 1 aromatic carbocycles. The Kier molecular flexibility index (Phi) is 7.02. The molecule has 1 atom stereocenters. The van der Waals surface area contributed by atoms with E-state index in [0.29, 0.717) is 6.54 Å². The Bertz CT molecular complexity index is 863. The smallest absolute Gasteiger partial charge is 0.192 e. The predicted molar refractivity (Wildman–Crippen MR) is 125 cm³/mol. The lowest BCUT2D eigenvalue weighted by atomic mass is 9.90. The first-order valence-corrected chi connectivity index (χ1v) is 10.3. The molecule has 3 heterocycles. The number of aliphatic imine (C=N–C) groups is 1. The first-order valence-electron chi connectivity index (χ1n) is 10.3. The summed E-state index contributed by atoms with van der Waals surface area (Å²) in [4.78, 5) is 4.81. The van der Waals surface area contributed by atoms with Gasteiger partial charge in [0.15, 0.2) is 11.8 Å². The second-order valence-electron chi connectivity index (χ2n) is 8.14. The van der Waals surface area contributed by atoms with Gasteiger partial charge < -0.3 is 19.9 Å². The third kappa shape index (κ3) is 5.02. The van der Waals surface area contributed by atoms with Crippen LogP contribution in [0.2, 0.25) is 0 Å². The number of hydrogen-bond donors (Lipinski definition) is 2. The van der Waals surface area contributed by atoms with Gasteiger partial charge in [-0.2, -0.15) is 0 Å². The second-order valence-corrected chi connectivity index (χ2v) is 8.14. The number of fused-ring (bicyclic) bond motifs is 2. The lowest BCUT2D eigenvalue weighted by Gasteiger charge is -2.38. The van der Waals surface area contributed by atoms with Crippen LogP contribution in [0.25, 0.3) is 0 Å². The first-order chi connectivity index (χ1) is 13.6. The fourth-order valence-electron chi connectivity index (χ4n) is 4.05. The third-order valence-electron chi connectivity index (χ3n) is 5.35. The van der Waals surface area contributed by atoms with E-state index in [9.17, 15) is 0 Å². The molecule has 2 aliphatic heterocycles. The van der Waals surface area contributed by atoms with Crippen molar-refractivity contribution in [3.8, 4) is 5.75 Å². The summed E-state index contributed by atoms with van der Waals surface area (Å²) in [5.41, 5.74) is 0.947. The molecule has 29 heavy (non-hydrogen) atoms. The van der Waals surface area contributed by atoms with Crippen LogP contribution in [0.1, 0.15) is 63.3 Å². The van der Waals surface area contributed by atoms with Gasteiger partial charge in [-0.25, -0.2) is 4.99 Å². The lowest BCUT2D eigenvalue weighted by molar-refractivity contribution is 0.0694. The fourth-order valence-corrected chi connectivity index (χ4v) is 4.05. The molecule has 8 heteroatoms. The average molecular weight is 510 g/mol. The summed E-state index contributed by atoms with van der Waals surface area (Å²) in [6.07, 6.45) is 4.27. The zero-order valence-corrected chi connectivity index (χ0v) is 19.8. The topological polar surface area (TPSA) is 76.4 Å². The second kappa shape index (κ2) is 9.32. The van der Waals surface area contributed by atoms with Gasteiger partial charge in [0.1, 0.15) is 23.7 Å². The van der Waals surface area contributed by atoms with E-state index in [1.807, 2.05) is 12.1 Å². The maximum absolute atomic E-state index is 6.15. The van der Waals surface area contributed by atoms with E-state index in [4.69, 9.17) is 9.73 Å². The SMILES string of the molecule is CCNC(=NCc1nnc2n1CCCC2)NC1CC(C)(C)Oc2ccccc21.I. The lowest BCUT2D eigenvalue weighted by Crippen LogP contribution is -2.45. The van der Waals surface area contributed by atoms with Crippen molar-refractivity contribution in [1.29, 1.82) is 0 Å². The Morgan fingerprint density at radius 2 is 2.10 bits per heavy atom. The minimum Gasteiger partial charge on any atom is -0.487 e. The highest BCUT2D eigenvalue weighted by Crippen LogP contribution is 2.39. The summed E-state index contributed by atoms with van der Waals surface area (Å²) >= 11 is 0. The maximum atomic E-state index is 6.15. The molecular weight excluding hydrogens is 479 g/mol. The summed E-state index contributed by atoms with van der Waals surface area (Å²) in [6.45, 7) is 8.67. The number of halogens is 1. The number of guanidine groups is 1. The minimum atomic E-state index is -0.227. The normalized spacial score (nSPS) is 20.0. The van der Waals surface area contributed by atoms with Crippen LogP contribution >= 0.6 is 24.0 Å². The molecule has 2 N–H and O–H groups in total. The Balaban J connectivity index is 0.00000240. The Morgan fingerprint density at radius 1 is 1.28 bits per heavy atom. The highest BCUT2D eigenvalue weighted by atomic mass is 127.